The van der Waals surface area contributed by atoms with Gasteiger partial charge >= 0.3 is 0 Å². The van der Waals surface area contributed by atoms with Crippen molar-refractivity contribution in [3.63, 3.8) is 0 Å². The molecule has 0 aromatic carbocycles. The number of methoxy groups -OCH3 is 1. The molecule has 1 rings (SSSR count). The Kier molecular flexibility index (Phi) is 4.35. The molecule has 0 amide bonds. The monoisotopic (exact) mass is 200 g/mol. The first kappa shape index (κ1) is 12.0. The Labute approximate surface area is 87.6 Å². The second-order valence-electron chi connectivity index (χ2n) is 4.79. The Hall–Kier alpha value is -0.120. The molecule has 2 unspecified atom stereocenters. The molecule has 1 aliphatic heterocycles. The Morgan fingerprint density at radius 3 is 2.79 bits per heavy atom. The van der Waals surface area contributed by atoms with Crippen LogP contribution in [0.25, 0.3) is 0 Å². The predicted octanol–water partition coefficient (Wildman–Crippen LogP) is 1.22. The van der Waals surface area contributed by atoms with Gasteiger partial charge in [-0.15, -0.1) is 0 Å². The lowest BCUT2D eigenvalue weighted by Crippen LogP contribution is -2.47. The van der Waals surface area contributed by atoms with Gasteiger partial charge in [0.15, 0.2) is 0 Å². The maximum Gasteiger partial charge on any atom is 0.0710 e. The molecule has 1 fully saturated rings. The highest BCUT2D eigenvalue weighted by Gasteiger charge is 2.27. The summed E-state index contributed by atoms with van der Waals surface area (Å²) in [6.07, 6.45) is 3.83. The van der Waals surface area contributed by atoms with Crippen molar-refractivity contribution in [2.45, 2.75) is 44.8 Å². The highest BCUT2D eigenvalue weighted by Crippen LogP contribution is 2.17. The van der Waals surface area contributed by atoms with Crippen LogP contribution in [0.15, 0.2) is 0 Å². The van der Waals surface area contributed by atoms with Crippen LogP contribution in [-0.2, 0) is 4.74 Å². The van der Waals surface area contributed by atoms with Crippen molar-refractivity contribution in [1.82, 2.24) is 4.90 Å². The summed E-state index contributed by atoms with van der Waals surface area (Å²) in [5, 5.41) is 0. The fourth-order valence-electron chi connectivity index (χ4n) is 2.29. The SMILES string of the molecule is CCCC(C)(N)CN1CCC(OC)C1. The quantitative estimate of drug-likeness (QED) is 0.725. The molecule has 2 atom stereocenters. The van der Waals surface area contributed by atoms with Crippen LogP contribution < -0.4 is 5.73 Å². The Morgan fingerprint density at radius 2 is 2.29 bits per heavy atom. The average molecular weight is 200 g/mol. The molecule has 14 heavy (non-hydrogen) atoms. The van der Waals surface area contributed by atoms with Gasteiger partial charge in [-0.3, -0.25) is 4.90 Å². The molecule has 2 N–H and O–H groups in total. The predicted molar refractivity (Wildman–Crippen MR) is 59.4 cm³/mol. The third-order valence-electron chi connectivity index (χ3n) is 2.97. The molecule has 1 aliphatic rings. The molecule has 0 bridgehead atoms. The van der Waals surface area contributed by atoms with Crippen LogP contribution in [0.1, 0.15) is 33.1 Å². The second-order valence-corrected chi connectivity index (χ2v) is 4.79. The molecule has 0 aliphatic carbocycles. The van der Waals surface area contributed by atoms with Crippen molar-refractivity contribution < 1.29 is 4.74 Å². The zero-order chi connectivity index (χ0) is 10.6. The van der Waals surface area contributed by atoms with Gasteiger partial charge in [-0.05, 0) is 19.8 Å². The lowest BCUT2D eigenvalue weighted by Gasteiger charge is -2.29. The van der Waals surface area contributed by atoms with E-state index >= 15 is 0 Å². The minimum absolute atomic E-state index is 0.0304. The lowest BCUT2D eigenvalue weighted by atomic mass is 9.97. The van der Waals surface area contributed by atoms with Crippen molar-refractivity contribution in [2.24, 2.45) is 5.73 Å². The van der Waals surface area contributed by atoms with Gasteiger partial charge in [-0.25, -0.2) is 0 Å². The second kappa shape index (κ2) is 5.10. The Bertz CT molecular complexity index is 171. The van der Waals surface area contributed by atoms with E-state index in [4.69, 9.17) is 10.5 Å². The fraction of sp³-hybridized carbons (Fsp3) is 1.00. The van der Waals surface area contributed by atoms with Crippen molar-refractivity contribution in [3.8, 4) is 0 Å². The third-order valence-corrected chi connectivity index (χ3v) is 2.97. The normalized spacial score (nSPS) is 27.9. The van der Waals surface area contributed by atoms with E-state index in [2.05, 4.69) is 18.7 Å². The van der Waals surface area contributed by atoms with Crippen molar-refractivity contribution >= 4 is 0 Å². The van der Waals surface area contributed by atoms with Crippen molar-refractivity contribution in [2.75, 3.05) is 26.7 Å². The molecule has 1 heterocycles. The smallest absolute Gasteiger partial charge is 0.0710 e. The Morgan fingerprint density at radius 1 is 1.57 bits per heavy atom. The summed E-state index contributed by atoms with van der Waals surface area (Å²) in [6, 6.07) is 0. The van der Waals surface area contributed by atoms with Gasteiger partial charge < -0.3 is 10.5 Å². The van der Waals surface area contributed by atoms with Gasteiger partial charge in [0.2, 0.25) is 0 Å². The zero-order valence-electron chi connectivity index (χ0n) is 9.75. The van der Waals surface area contributed by atoms with Crippen LogP contribution in [0.2, 0.25) is 0 Å². The van der Waals surface area contributed by atoms with E-state index in [0.29, 0.717) is 6.10 Å². The van der Waals surface area contributed by atoms with Crippen LogP contribution in [0, 0.1) is 0 Å². The first-order valence-electron chi connectivity index (χ1n) is 5.61. The summed E-state index contributed by atoms with van der Waals surface area (Å²) in [5.74, 6) is 0. The molecule has 3 nitrogen and oxygen atoms in total. The van der Waals surface area contributed by atoms with Crippen LogP contribution >= 0.6 is 0 Å². The third kappa shape index (κ3) is 3.56. The number of likely N-dealkylation sites (tertiary alicyclic amines) is 1. The van der Waals surface area contributed by atoms with E-state index in [-0.39, 0.29) is 5.54 Å². The van der Waals surface area contributed by atoms with Crippen LogP contribution in [0.5, 0.6) is 0 Å². The average Bonchev–Trinajstić information content (AvgIpc) is 2.51. The van der Waals surface area contributed by atoms with E-state index in [0.717, 1.165) is 38.9 Å². The van der Waals surface area contributed by atoms with Gasteiger partial charge in [0, 0.05) is 32.3 Å². The summed E-state index contributed by atoms with van der Waals surface area (Å²) in [4.78, 5) is 2.42. The number of hydrogen-bond donors (Lipinski definition) is 1. The van der Waals surface area contributed by atoms with E-state index in [1.807, 2.05) is 0 Å². The number of ether oxygens (including phenoxy) is 1. The van der Waals surface area contributed by atoms with Gasteiger partial charge in [0.1, 0.15) is 0 Å². The minimum Gasteiger partial charge on any atom is -0.380 e. The summed E-state index contributed by atoms with van der Waals surface area (Å²) < 4.78 is 5.33. The van der Waals surface area contributed by atoms with E-state index < -0.39 is 0 Å². The molecule has 84 valence electrons. The van der Waals surface area contributed by atoms with E-state index in [9.17, 15) is 0 Å². The van der Waals surface area contributed by atoms with Crippen LogP contribution in [0.3, 0.4) is 0 Å². The standard InChI is InChI=1S/C11H24N2O/c1-4-6-11(2,12)9-13-7-5-10(8-13)14-3/h10H,4-9,12H2,1-3H3. The molecular formula is C11H24N2O. The van der Waals surface area contributed by atoms with Crippen LogP contribution in [-0.4, -0.2) is 43.3 Å². The summed E-state index contributed by atoms with van der Waals surface area (Å²) >= 11 is 0. The van der Waals surface area contributed by atoms with Gasteiger partial charge in [0.05, 0.1) is 6.10 Å². The molecular weight excluding hydrogens is 176 g/mol. The maximum atomic E-state index is 6.21. The number of nitrogens with two attached hydrogens (primary N) is 1. The zero-order valence-corrected chi connectivity index (χ0v) is 9.75. The molecule has 0 aromatic rings. The first-order valence-corrected chi connectivity index (χ1v) is 5.61. The first-order chi connectivity index (χ1) is 6.57. The van der Waals surface area contributed by atoms with Gasteiger partial charge in [-0.1, -0.05) is 13.3 Å². The lowest BCUT2D eigenvalue weighted by molar-refractivity contribution is 0.104. The molecule has 0 spiro atoms. The fourth-order valence-corrected chi connectivity index (χ4v) is 2.29. The summed E-state index contributed by atoms with van der Waals surface area (Å²) in [7, 11) is 1.79. The van der Waals surface area contributed by atoms with Crippen molar-refractivity contribution in [1.29, 1.82) is 0 Å². The molecule has 1 saturated heterocycles. The highest BCUT2D eigenvalue weighted by molar-refractivity contribution is 4.86. The van der Waals surface area contributed by atoms with E-state index in [1.54, 1.807) is 7.11 Å². The summed E-state index contributed by atoms with van der Waals surface area (Å²) in [6.45, 7) is 7.52. The largest absolute Gasteiger partial charge is 0.380 e. The minimum atomic E-state index is -0.0304. The number of nitrogens with zero attached hydrogens (tertiary/aromatic N) is 1. The molecule has 0 radical (unpaired) electrons. The Balaban J connectivity index is 2.31. The van der Waals surface area contributed by atoms with E-state index in [1.165, 1.54) is 0 Å². The number of hydrogen-bond acceptors (Lipinski definition) is 3. The summed E-state index contributed by atoms with van der Waals surface area (Å²) in [5.41, 5.74) is 6.18. The molecule has 0 aromatic heterocycles. The van der Waals surface area contributed by atoms with Crippen molar-refractivity contribution in [3.05, 3.63) is 0 Å². The highest BCUT2D eigenvalue weighted by atomic mass is 16.5. The number of rotatable bonds is 5. The topological polar surface area (TPSA) is 38.5 Å². The van der Waals surface area contributed by atoms with Gasteiger partial charge in [-0.2, -0.15) is 0 Å². The van der Waals surface area contributed by atoms with Crippen LogP contribution in [0.4, 0.5) is 0 Å². The molecule has 0 saturated carbocycles. The van der Waals surface area contributed by atoms with Gasteiger partial charge in [0.25, 0.3) is 0 Å². The molecule has 3 heteroatoms. The maximum absolute atomic E-state index is 6.21.